The van der Waals surface area contributed by atoms with Crippen LogP contribution in [0.5, 0.6) is 0 Å². The molecular formula is C17H25N3O. The van der Waals surface area contributed by atoms with E-state index < -0.39 is 0 Å². The van der Waals surface area contributed by atoms with Gasteiger partial charge in [-0.15, -0.1) is 0 Å². The number of rotatable bonds is 4. The largest absolute Gasteiger partial charge is 0.337 e. The van der Waals surface area contributed by atoms with Gasteiger partial charge >= 0.3 is 0 Å². The molecule has 1 atom stereocenters. The molecule has 0 radical (unpaired) electrons. The molecular weight excluding hydrogens is 262 g/mol. The Balaban J connectivity index is 1.62. The maximum absolute atomic E-state index is 12.5. The van der Waals surface area contributed by atoms with E-state index in [1.54, 1.807) is 0 Å². The normalized spacial score (nSPS) is 23.3. The van der Waals surface area contributed by atoms with Crippen molar-refractivity contribution in [1.29, 1.82) is 0 Å². The van der Waals surface area contributed by atoms with Gasteiger partial charge in [-0.25, -0.2) is 4.98 Å². The van der Waals surface area contributed by atoms with E-state index in [1.165, 1.54) is 19.5 Å². The first-order valence-corrected chi connectivity index (χ1v) is 8.13. The number of hydrogen-bond acceptors (Lipinski definition) is 3. The van der Waals surface area contributed by atoms with Crippen LogP contribution in [0.25, 0.3) is 0 Å². The van der Waals surface area contributed by atoms with E-state index in [9.17, 15) is 4.79 Å². The Morgan fingerprint density at radius 3 is 2.81 bits per heavy atom. The average molecular weight is 287 g/mol. The molecule has 2 saturated heterocycles. The fraction of sp³-hybridized carbons (Fsp3) is 0.647. The average Bonchev–Trinajstić information content (AvgIpc) is 2.88. The topological polar surface area (TPSA) is 36.4 Å². The summed E-state index contributed by atoms with van der Waals surface area (Å²) in [4.78, 5) is 21.4. The number of carbonyl (C=O) groups excluding carboxylic acids is 1. The van der Waals surface area contributed by atoms with Gasteiger partial charge in [0.25, 0.3) is 5.91 Å². The van der Waals surface area contributed by atoms with Crippen LogP contribution in [-0.4, -0.2) is 46.9 Å². The van der Waals surface area contributed by atoms with Crippen LogP contribution in [0.2, 0.25) is 0 Å². The number of carbonyl (C=O) groups is 1. The molecule has 3 heterocycles. The first kappa shape index (κ1) is 14.5. The number of nitrogens with zero attached hydrogens (tertiary/aromatic N) is 3. The summed E-state index contributed by atoms with van der Waals surface area (Å²) < 4.78 is 0. The lowest BCUT2D eigenvalue weighted by molar-refractivity contribution is 0.0777. The maximum Gasteiger partial charge on any atom is 0.272 e. The lowest BCUT2D eigenvalue weighted by atomic mass is 9.97. The Bertz CT molecular complexity index is 511. The summed E-state index contributed by atoms with van der Waals surface area (Å²) in [7, 11) is 0. The maximum atomic E-state index is 12.5. The smallest absolute Gasteiger partial charge is 0.272 e. The van der Waals surface area contributed by atoms with Gasteiger partial charge in [-0.1, -0.05) is 26.3 Å². The van der Waals surface area contributed by atoms with Crippen molar-refractivity contribution in [2.45, 2.75) is 33.2 Å². The monoisotopic (exact) mass is 287 g/mol. The summed E-state index contributed by atoms with van der Waals surface area (Å²) in [6, 6.07) is 5.84. The van der Waals surface area contributed by atoms with Crippen LogP contribution in [0.1, 0.15) is 42.9 Å². The first-order valence-electron chi connectivity index (χ1n) is 8.13. The fourth-order valence-electron chi connectivity index (χ4n) is 3.26. The van der Waals surface area contributed by atoms with Crippen molar-refractivity contribution in [3.8, 4) is 0 Å². The van der Waals surface area contributed by atoms with E-state index in [0.29, 0.717) is 11.6 Å². The van der Waals surface area contributed by atoms with Gasteiger partial charge in [-0.3, -0.25) is 9.69 Å². The van der Waals surface area contributed by atoms with Crippen molar-refractivity contribution in [1.82, 2.24) is 14.8 Å². The van der Waals surface area contributed by atoms with Crippen LogP contribution in [0.4, 0.5) is 0 Å². The molecule has 0 saturated carbocycles. The zero-order valence-corrected chi connectivity index (χ0v) is 13.1. The minimum Gasteiger partial charge on any atom is -0.337 e. The number of pyridine rings is 1. The van der Waals surface area contributed by atoms with Gasteiger partial charge in [-0.05, 0) is 30.4 Å². The highest BCUT2D eigenvalue weighted by atomic mass is 16.2. The summed E-state index contributed by atoms with van der Waals surface area (Å²) in [5, 5.41) is 0. The highest BCUT2D eigenvalue weighted by Crippen LogP contribution is 2.21. The second-order valence-corrected chi connectivity index (χ2v) is 6.63. The van der Waals surface area contributed by atoms with E-state index in [-0.39, 0.29) is 5.91 Å². The fourth-order valence-corrected chi connectivity index (χ4v) is 3.26. The molecule has 3 rings (SSSR count). The number of likely N-dealkylation sites (tertiary alicyclic amines) is 2. The van der Waals surface area contributed by atoms with Crippen LogP contribution < -0.4 is 0 Å². The molecule has 2 aliphatic rings. The molecule has 114 valence electrons. The van der Waals surface area contributed by atoms with Crippen molar-refractivity contribution in [3.63, 3.8) is 0 Å². The van der Waals surface area contributed by atoms with Gasteiger partial charge in [0.1, 0.15) is 5.69 Å². The third-order valence-corrected chi connectivity index (χ3v) is 4.73. The second-order valence-electron chi connectivity index (χ2n) is 6.63. The summed E-state index contributed by atoms with van der Waals surface area (Å²) in [6.07, 6.45) is 2.37. The molecule has 1 aromatic rings. The molecule has 4 heteroatoms. The van der Waals surface area contributed by atoms with Crippen molar-refractivity contribution in [2.24, 2.45) is 11.8 Å². The molecule has 2 fully saturated rings. The summed E-state index contributed by atoms with van der Waals surface area (Å²) in [5.41, 5.74) is 1.62. The van der Waals surface area contributed by atoms with E-state index in [4.69, 9.17) is 0 Å². The van der Waals surface area contributed by atoms with Crippen LogP contribution in [0.15, 0.2) is 18.2 Å². The van der Waals surface area contributed by atoms with E-state index in [1.807, 2.05) is 23.1 Å². The van der Waals surface area contributed by atoms with Gasteiger partial charge in [0.2, 0.25) is 0 Å². The van der Waals surface area contributed by atoms with Crippen molar-refractivity contribution >= 4 is 5.91 Å². The zero-order chi connectivity index (χ0) is 14.8. The molecule has 1 aromatic heterocycles. The summed E-state index contributed by atoms with van der Waals surface area (Å²) >= 11 is 0. The molecule has 21 heavy (non-hydrogen) atoms. The van der Waals surface area contributed by atoms with Crippen LogP contribution >= 0.6 is 0 Å². The highest BCUT2D eigenvalue weighted by molar-refractivity contribution is 5.92. The van der Waals surface area contributed by atoms with E-state index >= 15 is 0 Å². The minimum absolute atomic E-state index is 0.0937. The molecule has 1 amide bonds. The zero-order valence-electron chi connectivity index (χ0n) is 13.1. The predicted octanol–water partition coefficient (Wildman–Crippen LogP) is 2.41. The number of amides is 1. The first-order chi connectivity index (χ1) is 10.2. The quantitative estimate of drug-likeness (QED) is 0.853. The standard InChI is InChI=1S/C17H25N3O/c1-3-14-10-19(11-14)12-15-5-4-6-16(18-15)17(21)20-8-7-13(2)9-20/h4-6,13-14H,3,7-12H2,1-2H3. The van der Waals surface area contributed by atoms with Gasteiger partial charge in [-0.2, -0.15) is 0 Å². The van der Waals surface area contributed by atoms with Gasteiger partial charge in [0, 0.05) is 32.7 Å². The Kier molecular flexibility index (Phi) is 4.24. The lowest BCUT2D eigenvalue weighted by Crippen LogP contribution is -2.45. The van der Waals surface area contributed by atoms with Gasteiger partial charge < -0.3 is 4.90 Å². The third kappa shape index (κ3) is 3.26. The van der Waals surface area contributed by atoms with E-state index in [0.717, 1.165) is 37.7 Å². The Hall–Kier alpha value is -1.42. The summed E-state index contributed by atoms with van der Waals surface area (Å²) in [5.74, 6) is 1.56. The number of aromatic nitrogens is 1. The van der Waals surface area contributed by atoms with E-state index in [2.05, 4.69) is 23.7 Å². The molecule has 1 unspecified atom stereocenters. The van der Waals surface area contributed by atoms with Gasteiger partial charge in [0.15, 0.2) is 0 Å². The van der Waals surface area contributed by atoms with Crippen molar-refractivity contribution in [2.75, 3.05) is 26.2 Å². The van der Waals surface area contributed by atoms with Crippen LogP contribution in [0, 0.1) is 11.8 Å². The van der Waals surface area contributed by atoms with Crippen molar-refractivity contribution in [3.05, 3.63) is 29.6 Å². The molecule has 0 aromatic carbocycles. The molecule has 4 nitrogen and oxygen atoms in total. The Morgan fingerprint density at radius 2 is 2.14 bits per heavy atom. The Labute approximate surface area is 127 Å². The predicted molar refractivity (Wildman–Crippen MR) is 83.0 cm³/mol. The Morgan fingerprint density at radius 1 is 1.33 bits per heavy atom. The molecule has 0 N–H and O–H groups in total. The SMILES string of the molecule is CCC1CN(Cc2cccc(C(=O)N3CCC(C)C3)n2)C1. The molecule has 0 bridgehead atoms. The lowest BCUT2D eigenvalue weighted by Gasteiger charge is -2.38. The molecule has 2 aliphatic heterocycles. The van der Waals surface area contributed by atoms with Crippen LogP contribution in [0.3, 0.4) is 0 Å². The highest BCUT2D eigenvalue weighted by Gasteiger charge is 2.27. The minimum atomic E-state index is 0.0937. The molecule has 0 aliphatic carbocycles. The van der Waals surface area contributed by atoms with Crippen LogP contribution in [-0.2, 0) is 6.54 Å². The molecule has 0 spiro atoms. The summed E-state index contributed by atoms with van der Waals surface area (Å²) in [6.45, 7) is 9.39. The van der Waals surface area contributed by atoms with Crippen molar-refractivity contribution < 1.29 is 4.79 Å². The third-order valence-electron chi connectivity index (χ3n) is 4.73. The van der Waals surface area contributed by atoms with Gasteiger partial charge in [0.05, 0.1) is 5.69 Å². The number of hydrogen-bond donors (Lipinski definition) is 0. The second kappa shape index (κ2) is 6.14.